The van der Waals surface area contributed by atoms with Crippen molar-refractivity contribution in [3.8, 4) is 17.3 Å². The minimum atomic E-state index is -4.45. The fourth-order valence-corrected chi connectivity index (χ4v) is 4.57. The number of imidazole rings is 1. The molecule has 0 spiro atoms. The van der Waals surface area contributed by atoms with Gasteiger partial charge in [0.25, 0.3) is 0 Å². The number of rotatable bonds is 7. The fourth-order valence-electron chi connectivity index (χ4n) is 4.57. The van der Waals surface area contributed by atoms with Crippen LogP contribution in [0.25, 0.3) is 22.7 Å². The first-order chi connectivity index (χ1) is 18.5. The molecule has 0 radical (unpaired) electrons. The number of carbonyl (C=O) groups is 1. The number of nitrogen functional groups attached to an aromatic ring is 1. The minimum absolute atomic E-state index is 0.0273. The van der Waals surface area contributed by atoms with Crippen LogP contribution in [-0.4, -0.2) is 43.7 Å². The number of aryl methyl sites for hydroxylation is 1. The molecule has 3 heterocycles. The average Bonchev–Trinajstić information content (AvgIpc) is 3.21. The zero-order chi connectivity index (χ0) is 27.9. The topological polar surface area (TPSA) is 118 Å². The molecule has 1 unspecified atom stereocenters. The average molecular weight is 541 g/mol. The molecule has 1 aliphatic carbocycles. The largest absolute Gasteiger partial charge is 0.494 e. The van der Waals surface area contributed by atoms with Gasteiger partial charge in [0.2, 0.25) is 5.82 Å². The number of aromatic nitrogens is 5. The number of fused-ring (bicyclic) bond motifs is 1. The molecule has 1 saturated carbocycles. The normalized spacial score (nSPS) is 14.7. The van der Waals surface area contributed by atoms with E-state index < -0.39 is 17.7 Å². The number of benzene rings is 1. The van der Waals surface area contributed by atoms with Gasteiger partial charge in [-0.15, -0.1) is 0 Å². The van der Waals surface area contributed by atoms with E-state index in [1.165, 1.54) is 19.2 Å². The Kier molecular flexibility index (Phi) is 6.87. The number of nitrogens with two attached hydrogens (primary N) is 1. The summed E-state index contributed by atoms with van der Waals surface area (Å²) in [7, 11) is 1.49. The summed E-state index contributed by atoms with van der Waals surface area (Å²) >= 11 is 0. The molecule has 5 rings (SSSR count). The van der Waals surface area contributed by atoms with Crippen molar-refractivity contribution in [1.29, 1.82) is 0 Å². The van der Waals surface area contributed by atoms with Crippen LogP contribution in [0.1, 0.15) is 53.6 Å². The summed E-state index contributed by atoms with van der Waals surface area (Å²) in [5.41, 5.74) is 7.61. The number of halogens is 3. The lowest BCUT2D eigenvalue weighted by atomic mass is 9.82. The van der Waals surface area contributed by atoms with Crippen LogP contribution in [0.4, 0.5) is 19.0 Å². The summed E-state index contributed by atoms with van der Waals surface area (Å²) in [4.78, 5) is 30.6. The highest BCUT2D eigenvalue weighted by Gasteiger charge is 2.31. The van der Waals surface area contributed by atoms with Crippen LogP contribution in [-0.2, 0) is 17.5 Å². The number of pyridine rings is 1. The molecule has 9 nitrogen and oxygen atoms in total. The molecule has 0 aliphatic heterocycles. The van der Waals surface area contributed by atoms with Crippen molar-refractivity contribution in [1.82, 2.24) is 24.5 Å². The number of nitrogens with zero attached hydrogens (tertiary/aromatic N) is 5. The number of hydrogen-bond donors (Lipinski definition) is 1. The van der Waals surface area contributed by atoms with E-state index in [-0.39, 0.29) is 29.9 Å². The van der Waals surface area contributed by atoms with Gasteiger partial charge in [-0.1, -0.05) is 18.6 Å². The number of anilines is 1. The van der Waals surface area contributed by atoms with Crippen LogP contribution in [0.2, 0.25) is 0 Å². The maximum Gasteiger partial charge on any atom is 0.416 e. The molecule has 1 fully saturated rings. The fraction of sp³-hybridized carbons (Fsp3) is 0.370. The summed E-state index contributed by atoms with van der Waals surface area (Å²) in [5, 5.41) is 0. The van der Waals surface area contributed by atoms with Gasteiger partial charge in [-0.3, -0.25) is 0 Å². The van der Waals surface area contributed by atoms with Gasteiger partial charge in [-0.2, -0.15) is 13.2 Å². The third-order valence-electron chi connectivity index (χ3n) is 6.97. The molecule has 4 aromatic rings. The van der Waals surface area contributed by atoms with E-state index in [9.17, 15) is 18.0 Å². The van der Waals surface area contributed by atoms with Crippen LogP contribution < -0.4 is 10.5 Å². The van der Waals surface area contributed by atoms with Crippen LogP contribution >= 0.6 is 0 Å². The SMILES string of the molecule is COc1ccc(C)nc1-c1nc2nc(C(=O)OC(C)C3CCC3)nc(N)c2n1Cc1ccc(C(F)(F)F)cc1. The van der Waals surface area contributed by atoms with E-state index >= 15 is 0 Å². The zero-order valence-electron chi connectivity index (χ0n) is 21.6. The van der Waals surface area contributed by atoms with E-state index in [0.29, 0.717) is 40.0 Å². The lowest BCUT2D eigenvalue weighted by Crippen LogP contribution is -2.29. The quantitative estimate of drug-likeness (QED) is 0.318. The summed E-state index contributed by atoms with van der Waals surface area (Å²) < 4.78 is 52.1. The van der Waals surface area contributed by atoms with Crippen molar-refractivity contribution in [2.24, 2.45) is 5.92 Å². The van der Waals surface area contributed by atoms with Crippen molar-refractivity contribution in [2.45, 2.75) is 51.9 Å². The molecule has 2 N–H and O–H groups in total. The van der Waals surface area contributed by atoms with E-state index in [0.717, 1.165) is 31.4 Å². The number of alkyl halides is 3. The Morgan fingerprint density at radius 3 is 2.44 bits per heavy atom. The predicted molar refractivity (Wildman–Crippen MR) is 137 cm³/mol. The Bertz CT molecular complexity index is 1530. The first-order valence-electron chi connectivity index (χ1n) is 12.5. The Labute approximate surface area is 222 Å². The lowest BCUT2D eigenvalue weighted by Gasteiger charge is -2.30. The molecular weight excluding hydrogens is 513 g/mol. The van der Waals surface area contributed by atoms with Crippen LogP contribution in [0.15, 0.2) is 36.4 Å². The summed E-state index contributed by atoms with van der Waals surface area (Å²) in [6.45, 7) is 3.73. The van der Waals surface area contributed by atoms with Gasteiger partial charge in [0.1, 0.15) is 23.1 Å². The summed E-state index contributed by atoms with van der Waals surface area (Å²) in [5.74, 6) is 0.0870. The monoisotopic (exact) mass is 540 g/mol. The predicted octanol–water partition coefficient (Wildman–Crippen LogP) is 5.20. The minimum Gasteiger partial charge on any atom is -0.494 e. The smallest absolute Gasteiger partial charge is 0.416 e. The van der Waals surface area contributed by atoms with Crippen molar-refractivity contribution >= 4 is 23.0 Å². The second-order valence-electron chi connectivity index (χ2n) is 9.63. The molecule has 204 valence electrons. The van der Waals surface area contributed by atoms with Gasteiger partial charge in [0, 0.05) is 12.2 Å². The number of carbonyl (C=O) groups excluding carboxylic acids is 1. The van der Waals surface area contributed by atoms with E-state index in [1.807, 2.05) is 6.92 Å². The molecule has 12 heteroatoms. The third kappa shape index (κ3) is 5.23. The highest BCUT2D eigenvalue weighted by atomic mass is 19.4. The van der Waals surface area contributed by atoms with Gasteiger partial charge >= 0.3 is 12.1 Å². The zero-order valence-corrected chi connectivity index (χ0v) is 21.6. The summed E-state index contributed by atoms with van der Waals surface area (Å²) in [6, 6.07) is 8.29. The maximum atomic E-state index is 13.1. The van der Waals surface area contributed by atoms with Crippen LogP contribution in [0.3, 0.4) is 0 Å². The first kappa shape index (κ1) is 26.4. The second kappa shape index (κ2) is 10.2. The molecule has 3 aromatic heterocycles. The lowest BCUT2D eigenvalue weighted by molar-refractivity contribution is -0.137. The standard InChI is InChI=1S/C27H27F3N6O3/c1-14-7-12-19(38-3)20(32-14)25-35-23-21(36(25)13-16-8-10-18(11-9-16)27(28,29)30)22(31)33-24(34-23)26(37)39-15(2)17-5-4-6-17/h7-12,15,17H,4-6,13H2,1-3H3,(H2,31,33,34). The van der Waals surface area contributed by atoms with Crippen LogP contribution in [0.5, 0.6) is 5.75 Å². The Balaban J connectivity index is 1.60. The summed E-state index contributed by atoms with van der Waals surface area (Å²) in [6.07, 6.45) is -1.62. The molecule has 1 atom stereocenters. The van der Waals surface area contributed by atoms with Crippen molar-refractivity contribution in [3.63, 3.8) is 0 Å². The highest BCUT2D eigenvalue weighted by molar-refractivity contribution is 5.92. The van der Waals surface area contributed by atoms with Crippen LogP contribution in [0, 0.1) is 12.8 Å². The van der Waals surface area contributed by atoms with E-state index in [2.05, 4.69) is 19.9 Å². The number of methoxy groups -OCH3 is 1. The van der Waals surface area contributed by atoms with Gasteiger partial charge in [0.05, 0.1) is 12.7 Å². The Hall–Kier alpha value is -4.22. The van der Waals surface area contributed by atoms with Gasteiger partial charge in [-0.25, -0.2) is 24.7 Å². The molecule has 0 amide bonds. The third-order valence-corrected chi connectivity index (χ3v) is 6.97. The van der Waals surface area contributed by atoms with E-state index in [1.54, 1.807) is 23.6 Å². The van der Waals surface area contributed by atoms with Gasteiger partial charge in [0.15, 0.2) is 17.3 Å². The Morgan fingerprint density at radius 2 is 1.82 bits per heavy atom. The first-order valence-corrected chi connectivity index (χ1v) is 12.5. The molecule has 0 saturated heterocycles. The van der Waals surface area contributed by atoms with Crippen molar-refractivity contribution in [2.75, 3.05) is 12.8 Å². The number of ether oxygens (including phenoxy) is 2. The highest BCUT2D eigenvalue weighted by Crippen LogP contribution is 2.34. The number of esters is 1. The number of hydrogen-bond acceptors (Lipinski definition) is 8. The van der Waals surface area contributed by atoms with Gasteiger partial charge in [-0.05, 0) is 62.4 Å². The van der Waals surface area contributed by atoms with E-state index in [4.69, 9.17) is 15.2 Å². The molecule has 1 aliphatic rings. The molecule has 0 bridgehead atoms. The van der Waals surface area contributed by atoms with Crippen molar-refractivity contribution < 1.29 is 27.4 Å². The second-order valence-corrected chi connectivity index (χ2v) is 9.63. The van der Waals surface area contributed by atoms with Crippen molar-refractivity contribution in [3.05, 3.63) is 59.0 Å². The molecule has 1 aromatic carbocycles. The maximum absolute atomic E-state index is 13.1. The van der Waals surface area contributed by atoms with Gasteiger partial charge < -0.3 is 19.8 Å². The molecule has 39 heavy (non-hydrogen) atoms. The molecular formula is C27H27F3N6O3. The Morgan fingerprint density at radius 1 is 1.10 bits per heavy atom.